The van der Waals surface area contributed by atoms with Crippen molar-refractivity contribution in [3.8, 4) is 0 Å². The average Bonchev–Trinajstić information content (AvgIpc) is 3.08. The highest BCUT2D eigenvalue weighted by Gasteiger charge is 2.24. The van der Waals surface area contributed by atoms with Crippen molar-refractivity contribution in [1.82, 2.24) is 15.5 Å². The molecule has 2 aromatic carbocycles. The van der Waals surface area contributed by atoms with Crippen LogP contribution in [0.4, 0.5) is 5.69 Å². The van der Waals surface area contributed by atoms with Crippen LogP contribution in [-0.4, -0.2) is 43.4 Å². The van der Waals surface area contributed by atoms with E-state index in [0.717, 1.165) is 18.2 Å². The van der Waals surface area contributed by atoms with E-state index >= 15 is 0 Å². The van der Waals surface area contributed by atoms with Gasteiger partial charge in [-0.25, -0.2) is 0 Å². The summed E-state index contributed by atoms with van der Waals surface area (Å²) in [4.78, 5) is 19.0. The maximum atomic E-state index is 12.0. The third-order valence-corrected chi connectivity index (χ3v) is 6.43. The number of halogens is 1. The molecule has 0 radical (unpaired) electrons. The Morgan fingerprint density at radius 3 is 2.42 bits per heavy atom. The highest BCUT2D eigenvalue weighted by molar-refractivity contribution is 14.0. The molecule has 2 aromatic rings. The molecule has 1 amide bonds. The van der Waals surface area contributed by atoms with Crippen LogP contribution in [-0.2, 0) is 17.9 Å². The first-order valence-electron chi connectivity index (χ1n) is 11.8. The lowest BCUT2D eigenvalue weighted by Gasteiger charge is -2.26. The molecule has 6 nitrogen and oxygen atoms in total. The molecule has 1 fully saturated rings. The number of likely N-dealkylation sites (tertiary alicyclic amines) is 1. The van der Waals surface area contributed by atoms with Crippen LogP contribution in [0.1, 0.15) is 54.7 Å². The van der Waals surface area contributed by atoms with Gasteiger partial charge in [-0.15, -0.1) is 24.0 Å². The molecule has 0 aliphatic carbocycles. The zero-order valence-corrected chi connectivity index (χ0v) is 21.8. The SMILES string of the molecule is CN=C(NCc1ccc(CN2CCCCCC2)cc1)NCC1CC(=O)Nc2ccccc21.I. The normalized spacial score (nSPS) is 19.0. The van der Waals surface area contributed by atoms with Gasteiger partial charge < -0.3 is 16.0 Å². The second-order valence-electron chi connectivity index (χ2n) is 8.85. The van der Waals surface area contributed by atoms with Crippen molar-refractivity contribution in [3.63, 3.8) is 0 Å². The van der Waals surface area contributed by atoms with Gasteiger partial charge in [-0.2, -0.15) is 0 Å². The van der Waals surface area contributed by atoms with E-state index in [0.29, 0.717) is 19.5 Å². The first-order valence-corrected chi connectivity index (χ1v) is 11.8. The maximum absolute atomic E-state index is 12.0. The molecule has 1 saturated heterocycles. The van der Waals surface area contributed by atoms with Crippen molar-refractivity contribution in [2.75, 3.05) is 32.0 Å². The molecule has 33 heavy (non-hydrogen) atoms. The van der Waals surface area contributed by atoms with Gasteiger partial charge >= 0.3 is 0 Å². The Morgan fingerprint density at radius 2 is 1.70 bits per heavy atom. The van der Waals surface area contributed by atoms with Crippen molar-refractivity contribution in [3.05, 3.63) is 65.2 Å². The number of benzene rings is 2. The molecule has 0 spiro atoms. The van der Waals surface area contributed by atoms with Gasteiger partial charge in [-0.05, 0) is 48.7 Å². The Balaban J connectivity index is 0.00000306. The minimum atomic E-state index is 0. The Bertz CT molecular complexity index is 923. The summed E-state index contributed by atoms with van der Waals surface area (Å²) in [5.74, 6) is 0.956. The van der Waals surface area contributed by atoms with E-state index in [1.807, 2.05) is 18.2 Å². The summed E-state index contributed by atoms with van der Waals surface area (Å²) in [6.07, 6.45) is 5.88. The predicted molar refractivity (Wildman–Crippen MR) is 146 cm³/mol. The zero-order chi connectivity index (χ0) is 22.2. The van der Waals surface area contributed by atoms with Crippen LogP contribution in [0, 0.1) is 0 Å². The maximum Gasteiger partial charge on any atom is 0.225 e. The number of nitrogens with one attached hydrogen (secondary N) is 3. The smallest absolute Gasteiger partial charge is 0.225 e. The minimum Gasteiger partial charge on any atom is -0.356 e. The number of amides is 1. The van der Waals surface area contributed by atoms with Crippen molar-refractivity contribution < 1.29 is 4.79 Å². The van der Waals surface area contributed by atoms with Crippen LogP contribution in [0.5, 0.6) is 0 Å². The summed E-state index contributed by atoms with van der Waals surface area (Å²) >= 11 is 0. The molecule has 0 bridgehead atoms. The number of aliphatic imine (C=N–C) groups is 1. The lowest BCUT2D eigenvalue weighted by molar-refractivity contribution is -0.116. The number of hydrogen-bond donors (Lipinski definition) is 3. The van der Waals surface area contributed by atoms with Gasteiger partial charge in [0.05, 0.1) is 0 Å². The molecule has 2 aliphatic rings. The van der Waals surface area contributed by atoms with E-state index in [9.17, 15) is 4.79 Å². The van der Waals surface area contributed by atoms with Crippen LogP contribution < -0.4 is 16.0 Å². The fourth-order valence-corrected chi connectivity index (χ4v) is 4.63. The summed E-state index contributed by atoms with van der Waals surface area (Å²) in [6.45, 7) is 4.87. The first kappa shape index (κ1) is 25.5. The molecule has 1 atom stereocenters. The minimum absolute atomic E-state index is 0. The lowest BCUT2D eigenvalue weighted by Crippen LogP contribution is -2.40. The molecule has 0 aromatic heterocycles. The van der Waals surface area contributed by atoms with Gasteiger partial charge in [0.15, 0.2) is 5.96 Å². The van der Waals surface area contributed by atoms with Crippen LogP contribution in [0.2, 0.25) is 0 Å². The molecule has 1 unspecified atom stereocenters. The van der Waals surface area contributed by atoms with E-state index in [1.54, 1.807) is 7.05 Å². The Hall–Kier alpha value is -2.13. The Morgan fingerprint density at radius 1 is 1.00 bits per heavy atom. The number of rotatable bonds is 6. The fourth-order valence-electron chi connectivity index (χ4n) is 4.63. The quantitative estimate of drug-likeness (QED) is 0.277. The molecule has 7 heteroatoms. The van der Waals surface area contributed by atoms with E-state index in [1.165, 1.54) is 55.5 Å². The largest absolute Gasteiger partial charge is 0.356 e. The van der Waals surface area contributed by atoms with E-state index < -0.39 is 0 Å². The Labute approximate surface area is 214 Å². The summed E-state index contributed by atoms with van der Waals surface area (Å²) < 4.78 is 0. The lowest BCUT2D eigenvalue weighted by atomic mass is 9.90. The third-order valence-electron chi connectivity index (χ3n) is 6.43. The highest BCUT2D eigenvalue weighted by Crippen LogP contribution is 2.31. The standard InChI is InChI=1S/C26H35N5O.HI/c1-27-26(29-18-22-16-25(32)30-24-9-5-4-8-23(22)24)28-17-20-10-12-21(13-11-20)19-31-14-6-2-3-7-15-31;/h4-5,8-13,22H,2-3,6-7,14-19H2,1H3,(H,30,32)(H2,27,28,29);1H. The predicted octanol–water partition coefficient (Wildman–Crippen LogP) is 4.47. The first-order chi connectivity index (χ1) is 15.7. The van der Waals surface area contributed by atoms with Crippen LogP contribution in [0.3, 0.4) is 0 Å². The number of hydrogen-bond acceptors (Lipinski definition) is 3. The molecule has 2 aliphatic heterocycles. The van der Waals surface area contributed by atoms with Crippen LogP contribution >= 0.6 is 24.0 Å². The second kappa shape index (κ2) is 12.9. The molecular formula is C26H36IN5O. The average molecular weight is 562 g/mol. The Kier molecular flexibility index (Phi) is 9.99. The third kappa shape index (κ3) is 7.43. The number of para-hydroxylation sites is 1. The van der Waals surface area contributed by atoms with Gasteiger partial charge in [0.25, 0.3) is 0 Å². The number of carbonyl (C=O) groups is 1. The number of guanidine groups is 1. The summed E-state index contributed by atoms with van der Waals surface area (Å²) in [7, 11) is 1.78. The summed E-state index contributed by atoms with van der Waals surface area (Å²) in [5, 5.41) is 9.75. The van der Waals surface area contributed by atoms with Gasteiger partial charge in [-0.1, -0.05) is 55.3 Å². The number of nitrogens with zero attached hydrogens (tertiary/aromatic N) is 2. The zero-order valence-electron chi connectivity index (χ0n) is 19.5. The molecular weight excluding hydrogens is 525 g/mol. The molecule has 0 saturated carbocycles. The number of fused-ring (bicyclic) bond motifs is 1. The number of anilines is 1. The monoisotopic (exact) mass is 561 g/mol. The van der Waals surface area contributed by atoms with Crippen molar-refractivity contribution >= 4 is 41.5 Å². The summed E-state index contributed by atoms with van der Waals surface area (Å²) in [6, 6.07) is 16.9. The van der Waals surface area contributed by atoms with Crippen LogP contribution in [0.25, 0.3) is 0 Å². The van der Waals surface area contributed by atoms with Crippen molar-refractivity contribution in [2.45, 2.75) is 51.1 Å². The van der Waals surface area contributed by atoms with Crippen molar-refractivity contribution in [1.29, 1.82) is 0 Å². The molecule has 3 N–H and O–H groups in total. The van der Waals surface area contributed by atoms with E-state index in [4.69, 9.17) is 0 Å². The van der Waals surface area contributed by atoms with Gasteiger partial charge in [0, 0.05) is 44.7 Å². The molecule has 4 rings (SSSR count). The second-order valence-corrected chi connectivity index (χ2v) is 8.85. The highest BCUT2D eigenvalue weighted by atomic mass is 127. The summed E-state index contributed by atoms with van der Waals surface area (Å²) in [5.41, 5.74) is 4.70. The molecule has 178 valence electrons. The topological polar surface area (TPSA) is 68.8 Å². The molecule has 2 heterocycles. The fraction of sp³-hybridized carbons (Fsp3) is 0.462. The van der Waals surface area contributed by atoms with E-state index in [2.05, 4.69) is 56.2 Å². The van der Waals surface area contributed by atoms with Crippen LogP contribution in [0.15, 0.2) is 53.5 Å². The number of carbonyl (C=O) groups excluding carboxylic acids is 1. The van der Waals surface area contributed by atoms with Gasteiger partial charge in [0.1, 0.15) is 0 Å². The van der Waals surface area contributed by atoms with Gasteiger partial charge in [0.2, 0.25) is 5.91 Å². The van der Waals surface area contributed by atoms with Crippen molar-refractivity contribution in [2.24, 2.45) is 4.99 Å². The van der Waals surface area contributed by atoms with E-state index in [-0.39, 0.29) is 35.8 Å². The van der Waals surface area contributed by atoms with Gasteiger partial charge in [-0.3, -0.25) is 14.7 Å².